The van der Waals surface area contributed by atoms with E-state index in [1.54, 1.807) is 42.5 Å². The molecule has 0 unspecified atom stereocenters. The lowest BCUT2D eigenvalue weighted by atomic mass is 10.2. The number of halogens is 2. The van der Waals surface area contributed by atoms with Gasteiger partial charge in [0.25, 0.3) is 16.8 Å². The lowest BCUT2D eigenvalue weighted by molar-refractivity contribution is -0.384. The molecule has 172 valence electrons. The maximum atomic E-state index is 13.2. The van der Waals surface area contributed by atoms with E-state index in [4.69, 9.17) is 16.3 Å². The zero-order valence-electron chi connectivity index (χ0n) is 17.4. The first kappa shape index (κ1) is 23.5. The number of nitro groups is 1. The molecule has 1 fully saturated rings. The first-order valence-electron chi connectivity index (χ1n) is 9.95. The SMILES string of the molecule is O=C1S/C(=C\c2ccc(OCc3ccc([N+](=O)[O-])cc3)cc2)C(=O)N1Cc1ccc(F)cc1Cl. The van der Waals surface area contributed by atoms with Gasteiger partial charge < -0.3 is 4.74 Å². The normalized spacial score (nSPS) is 14.6. The smallest absolute Gasteiger partial charge is 0.293 e. The summed E-state index contributed by atoms with van der Waals surface area (Å²) in [5.74, 6) is -0.369. The maximum absolute atomic E-state index is 13.2. The first-order valence-corrected chi connectivity index (χ1v) is 11.1. The van der Waals surface area contributed by atoms with Gasteiger partial charge in [0.2, 0.25) is 0 Å². The number of carbonyl (C=O) groups excluding carboxylic acids is 2. The average Bonchev–Trinajstić information content (AvgIpc) is 3.07. The Labute approximate surface area is 202 Å². The van der Waals surface area contributed by atoms with E-state index in [0.29, 0.717) is 16.9 Å². The number of carbonyl (C=O) groups is 2. The minimum absolute atomic E-state index is 0.0123. The van der Waals surface area contributed by atoms with Crippen LogP contribution in [0.4, 0.5) is 14.9 Å². The molecule has 0 aliphatic carbocycles. The predicted molar refractivity (Wildman–Crippen MR) is 127 cm³/mol. The molecule has 0 atom stereocenters. The summed E-state index contributed by atoms with van der Waals surface area (Å²) in [6, 6.07) is 16.8. The van der Waals surface area contributed by atoms with E-state index in [9.17, 15) is 24.1 Å². The molecule has 7 nitrogen and oxygen atoms in total. The summed E-state index contributed by atoms with van der Waals surface area (Å²) in [4.78, 5) is 36.7. The van der Waals surface area contributed by atoms with Crippen molar-refractivity contribution in [3.63, 3.8) is 0 Å². The fourth-order valence-electron chi connectivity index (χ4n) is 3.15. The first-order chi connectivity index (χ1) is 16.3. The van der Waals surface area contributed by atoms with Crippen molar-refractivity contribution in [2.45, 2.75) is 13.2 Å². The monoisotopic (exact) mass is 498 g/mol. The number of ether oxygens (including phenoxy) is 1. The zero-order chi connectivity index (χ0) is 24.2. The van der Waals surface area contributed by atoms with Gasteiger partial charge in [0.1, 0.15) is 18.2 Å². The standard InChI is InChI=1S/C24H16ClFN2O5S/c25-21-12-18(26)6-5-17(21)13-27-23(29)22(34-24(27)30)11-15-3-9-20(10-4-15)33-14-16-1-7-19(8-2-16)28(31)32/h1-12H,13-14H2/b22-11-. The number of nitrogens with zero attached hydrogens (tertiary/aromatic N) is 2. The second-order valence-corrected chi connectivity index (χ2v) is 8.69. The Morgan fingerprint density at radius 3 is 2.41 bits per heavy atom. The van der Waals surface area contributed by atoms with Gasteiger partial charge in [0.05, 0.1) is 16.4 Å². The van der Waals surface area contributed by atoms with Crippen molar-refractivity contribution in [1.29, 1.82) is 0 Å². The predicted octanol–water partition coefficient (Wildman–Crippen LogP) is 6.20. The molecule has 0 N–H and O–H groups in total. The highest BCUT2D eigenvalue weighted by Crippen LogP contribution is 2.34. The quantitative estimate of drug-likeness (QED) is 0.219. The third kappa shape index (κ3) is 5.44. The van der Waals surface area contributed by atoms with Crippen LogP contribution in [0, 0.1) is 15.9 Å². The Hall–Kier alpha value is -3.69. The van der Waals surface area contributed by atoms with Crippen molar-refractivity contribution >= 4 is 46.3 Å². The number of imide groups is 1. The van der Waals surface area contributed by atoms with Crippen molar-refractivity contribution in [3.05, 3.63) is 109 Å². The van der Waals surface area contributed by atoms with Crippen molar-refractivity contribution in [1.82, 2.24) is 4.90 Å². The van der Waals surface area contributed by atoms with Crippen LogP contribution in [0.15, 0.2) is 71.6 Å². The lowest BCUT2D eigenvalue weighted by Gasteiger charge is -2.13. The molecule has 0 radical (unpaired) electrons. The number of nitro benzene ring substituents is 1. The van der Waals surface area contributed by atoms with Gasteiger partial charge in [0, 0.05) is 17.2 Å². The largest absolute Gasteiger partial charge is 0.489 e. The fourth-order valence-corrected chi connectivity index (χ4v) is 4.21. The summed E-state index contributed by atoms with van der Waals surface area (Å²) in [7, 11) is 0. The van der Waals surface area contributed by atoms with Crippen LogP contribution < -0.4 is 4.74 Å². The maximum Gasteiger partial charge on any atom is 0.293 e. The number of benzene rings is 3. The summed E-state index contributed by atoms with van der Waals surface area (Å²) in [5.41, 5.74) is 1.97. The minimum Gasteiger partial charge on any atom is -0.489 e. The van der Waals surface area contributed by atoms with Gasteiger partial charge in [0.15, 0.2) is 0 Å². The minimum atomic E-state index is -0.497. The molecule has 0 saturated carbocycles. The summed E-state index contributed by atoms with van der Waals surface area (Å²) in [5, 5.41) is 10.4. The number of rotatable bonds is 7. The molecule has 0 aromatic heterocycles. The van der Waals surface area contributed by atoms with Crippen LogP contribution in [0.2, 0.25) is 5.02 Å². The van der Waals surface area contributed by atoms with Crippen LogP contribution in [-0.2, 0) is 17.9 Å². The average molecular weight is 499 g/mol. The Morgan fingerprint density at radius 2 is 1.76 bits per heavy atom. The molecule has 10 heteroatoms. The Balaban J connectivity index is 1.39. The summed E-state index contributed by atoms with van der Waals surface area (Å²) < 4.78 is 18.9. The van der Waals surface area contributed by atoms with Gasteiger partial charge in [-0.25, -0.2) is 4.39 Å². The van der Waals surface area contributed by atoms with Gasteiger partial charge in [-0.05, 0) is 70.9 Å². The van der Waals surface area contributed by atoms with Crippen LogP contribution in [0.3, 0.4) is 0 Å². The van der Waals surface area contributed by atoms with Crippen molar-refractivity contribution in [2.75, 3.05) is 0 Å². The molecule has 1 saturated heterocycles. The third-order valence-corrected chi connectivity index (χ3v) is 6.21. The molecular weight excluding hydrogens is 483 g/mol. The van der Waals surface area contributed by atoms with E-state index in [-0.39, 0.29) is 28.8 Å². The molecule has 3 aromatic rings. The lowest BCUT2D eigenvalue weighted by Crippen LogP contribution is -2.27. The van der Waals surface area contributed by atoms with E-state index in [1.807, 2.05) is 0 Å². The number of thioether (sulfide) groups is 1. The van der Waals surface area contributed by atoms with Crippen molar-refractivity contribution in [3.8, 4) is 5.75 Å². The van der Waals surface area contributed by atoms with E-state index in [2.05, 4.69) is 0 Å². The highest BCUT2D eigenvalue weighted by atomic mass is 35.5. The zero-order valence-corrected chi connectivity index (χ0v) is 19.0. The summed E-state index contributed by atoms with van der Waals surface area (Å²) in [6.45, 7) is 0.193. The topological polar surface area (TPSA) is 89.7 Å². The summed E-state index contributed by atoms with van der Waals surface area (Å²) in [6.07, 6.45) is 1.61. The van der Waals surface area contributed by atoms with Crippen molar-refractivity contribution in [2.24, 2.45) is 0 Å². The van der Waals surface area contributed by atoms with Gasteiger partial charge in [-0.2, -0.15) is 0 Å². The highest BCUT2D eigenvalue weighted by Gasteiger charge is 2.35. The van der Waals surface area contributed by atoms with E-state index >= 15 is 0 Å². The second kappa shape index (κ2) is 10.1. The number of hydrogen-bond donors (Lipinski definition) is 0. The van der Waals surface area contributed by atoms with Gasteiger partial charge in [-0.1, -0.05) is 29.8 Å². The molecule has 0 bridgehead atoms. The van der Waals surface area contributed by atoms with Gasteiger partial charge in [-0.15, -0.1) is 0 Å². The molecule has 0 spiro atoms. The number of non-ortho nitro benzene ring substituents is 1. The van der Waals surface area contributed by atoms with Crippen LogP contribution in [0.5, 0.6) is 5.75 Å². The highest BCUT2D eigenvalue weighted by molar-refractivity contribution is 8.18. The van der Waals surface area contributed by atoms with Gasteiger partial charge in [-0.3, -0.25) is 24.6 Å². The number of hydrogen-bond acceptors (Lipinski definition) is 6. The van der Waals surface area contributed by atoms with Crippen LogP contribution in [0.1, 0.15) is 16.7 Å². The molecule has 34 heavy (non-hydrogen) atoms. The molecule has 2 amide bonds. The van der Waals surface area contributed by atoms with Gasteiger partial charge >= 0.3 is 0 Å². The van der Waals surface area contributed by atoms with E-state index in [0.717, 1.165) is 28.3 Å². The number of amides is 2. The van der Waals surface area contributed by atoms with Crippen LogP contribution >= 0.6 is 23.4 Å². The van der Waals surface area contributed by atoms with E-state index in [1.165, 1.54) is 24.3 Å². The Kier molecular flexibility index (Phi) is 6.95. The Morgan fingerprint density at radius 1 is 1.06 bits per heavy atom. The molecular formula is C24H16ClFN2O5S. The van der Waals surface area contributed by atoms with E-state index < -0.39 is 21.9 Å². The second-order valence-electron chi connectivity index (χ2n) is 7.28. The molecule has 1 aliphatic heterocycles. The third-order valence-electron chi connectivity index (χ3n) is 4.95. The van der Waals surface area contributed by atoms with Crippen LogP contribution in [-0.4, -0.2) is 21.0 Å². The molecule has 1 heterocycles. The van der Waals surface area contributed by atoms with Crippen molar-refractivity contribution < 1.29 is 23.6 Å². The van der Waals surface area contributed by atoms with Crippen LogP contribution in [0.25, 0.3) is 6.08 Å². The Bertz CT molecular complexity index is 1300. The molecule has 3 aromatic carbocycles. The fraction of sp³-hybridized carbons (Fsp3) is 0.0833. The molecule has 1 aliphatic rings. The summed E-state index contributed by atoms with van der Waals surface area (Å²) >= 11 is 6.84. The molecule has 4 rings (SSSR count).